The van der Waals surface area contributed by atoms with Gasteiger partial charge in [-0.3, -0.25) is 4.98 Å². The summed E-state index contributed by atoms with van der Waals surface area (Å²) in [5, 5.41) is 0. The van der Waals surface area contributed by atoms with E-state index in [1.807, 2.05) is 6.07 Å². The molecule has 0 fully saturated rings. The van der Waals surface area contributed by atoms with Crippen LogP contribution in [0.25, 0.3) is 11.5 Å². The summed E-state index contributed by atoms with van der Waals surface area (Å²) in [6, 6.07) is 13.6. The van der Waals surface area contributed by atoms with Gasteiger partial charge in [0, 0.05) is 17.2 Å². The summed E-state index contributed by atoms with van der Waals surface area (Å²) in [7, 11) is -3.59. The maximum atomic E-state index is 12.3. The second-order valence-electron chi connectivity index (χ2n) is 4.77. The van der Waals surface area contributed by atoms with E-state index in [1.54, 1.807) is 54.9 Å². The molecule has 0 bridgehead atoms. The van der Waals surface area contributed by atoms with Gasteiger partial charge in [-0.1, -0.05) is 22.0 Å². The van der Waals surface area contributed by atoms with Crippen LogP contribution in [-0.2, 0) is 16.6 Å². The van der Waals surface area contributed by atoms with Crippen molar-refractivity contribution in [2.45, 2.75) is 11.4 Å². The number of benzene rings is 1. The Bertz CT molecular complexity index is 891. The quantitative estimate of drug-likeness (QED) is 0.719. The molecular weight excluding hydrogens is 380 g/mol. The Balaban J connectivity index is 1.82. The van der Waals surface area contributed by atoms with Gasteiger partial charge in [0.25, 0.3) is 0 Å². The van der Waals surface area contributed by atoms with Crippen LogP contribution < -0.4 is 4.72 Å². The SMILES string of the molecule is O=S(=O)(NCc1cccnc1-c1ccco1)c1ccc(Br)cc1. The Hall–Kier alpha value is -1.96. The number of sulfonamides is 1. The Kier molecular flexibility index (Phi) is 4.61. The molecule has 118 valence electrons. The molecule has 2 heterocycles. The number of hydrogen-bond acceptors (Lipinski definition) is 4. The third-order valence-electron chi connectivity index (χ3n) is 3.22. The fraction of sp³-hybridized carbons (Fsp3) is 0.0625. The number of nitrogens with zero attached hydrogens (tertiary/aromatic N) is 1. The molecule has 0 saturated heterocycles. The van der Waals surface area contributed by atoms with Gasteiger partial charge in [-0.05, 0) is 48.0 Å². The summed E-state index contributed by atoms with van der Waals surface area (Å²) in [5.74, 6) is 0.600. The van der Waals surface area contributed by atoms with E-state index in [9.17, 15) is 8.42 Å². The number of rotatable bonds is 5. The standard InChI is InChI=1S/C16H13BrN2O3S/c17-13-5-7-14(8-6-13)23(20,21)19-11-12-3-1-9-18-16(12)15-4-2-10-22-15/h1-10,19H,11H2. The molecule has 23 heavy (non-hydrogen) atoms. The Morgan fingerprint density at radius 3 is 2.57 bits per heavy atom. The lowest BCUT2D eigenvalue weighted by atomic mass is 10.1. The average molecular weight is 393 g/mol. The first-order chi connectivity index (χ1) is 11.1. The van der Waals surface area contributed by atoms with Crippen molar-refractivity contribution in [3.8, 4) is 11.5 Å². The van der Waals surface area contributed by atoms with Crippen molar-refractivity contribution in [1.82, 2.24) is 9.71 Å². The summed E-state index contributed by atoms with van der Waals surface area (Å²) >= 11 is 3.29. The van der Waals surface area contributed by atoms with Gasteiger partial charge in [-0.15, -0.1) is 0 Å². The Morgan fingerprint density at radius 1 is 1.09 bits per heavy atom. The number of furan rings is 1. The molecule has 1 aromatic carbocycles. The monoisotopic (exact) mass is 392 g/mol. The lowest BCUT2D eigenvalue weighted by molar-refractivity contribution is 0.575. The first-order valence-electron chi connectivity index (χ1n) is 6.79. The highest BCUT2D eigenvalue weighted by molar-refractivity contribution is 9.10. The molecule has 2 aromatic heterocycles. The second kappa shape index (κ2) is 6.66. The van der Waals surface area contributed by atoms with E-state index in [-0.39, 0.29) is 11.4 Å². The first-order valence-corrected chi connectivity index (χ1v) is 9.07. The van der Waals surface area contributed by atoms with Gasteiger partial charge in [0.1, 0.15) is 5.69 Å². The average Bonchev–Trinajstić information content (AvgIpc) is 3.08. The number of nitrogens with one attached hydrogen (secondary N) is 1. The van der Waals surface area contributed by atoms with Gasteiger partial charge < -0.3 is 4.42 Å². The lowest BCUT2D eigenvalue weighted by Crippen LogP contribution is -2.23. The third kappa shape index (κ3) is 3.69. The molecule has 0 amide bonds. The van der Waals surface area contributed by atoms with Crippen molar-refractivity contribution < 1.29 is 12.8 Å². The summed E-state index contributed by atoms with van der Waals surface area (Å²) in [4.78, 5) is 4.48. The molecule has 5 nitrogen and oxygen atoms in total. The van der Waals surface area contributed by atoms with Crippen LogP contribution in [0.2, 0.25) is 0 Å². The van der Waals surface area contributed by atoms with Crippen LogP contribution >= 0.6 is 15.9 Å². The van der Waals surface area contributed by atoms with Crippen LogP contribution in [0.3, 0.4) is 0 Å². The van der Waals surface area contributed by atoms with E-state index in [0.29, 0.717) is 11.5 Å². The minimum atomic E-state index is -3.59. The fourth-order valence-electron chi connectivity index (χ4n) is 2.09. The molecule has 0 unspecified atom stereocenters. The number of aromatic nitrogens is 1. The molecule has 0 aliphatic rings. The van der Waals surface area contributed by atoms with E-state index >= 15 is 0 Å². The number of hydrogen-bond donors (Lipinski definition) is 1. The van der Waals surface area contributed by atoms with E-state index in [1.165, 1.54) is 0 Å². The molecule has 1 N–H and O–H groups in total. The van der Waals surface area contributed by atoms with Crippen LogP contribution in [0.15, 0.2) is 74.8 Å². The lowest BCUT2D eigenvalue weighted by Gasteiger charge is -2.09. The molecule has 3 rings (SSSR count). The highest BCUT2D eigenvalue weighted by atomic mass is 79.9. The zero-order valence-corrected chi connectivity index (χ0v) is 14.3. The Labute approximate surface area is 142 Å². The van der Waals surface area contributed by atoms with E-state index in [0.717, 1.165) is 10.0 Å². The predicted molar refractivity (Wildman–Crippen MR) is 90.1 cm³/mol. The molecule has 7 heteroatoms. The topological polar surface area (TPSA) is 72.2 Å². The van der Waals surface area contributed by atoms with Gasteiger partial charge in [0.2, 0.25) is 10.0 Å². The highest BCUT2D eigenvalue weighted by Gasteiger charge is 2.15. The summed E-state index contributed by atoms with van der Waals surface area (Å²) in [6.45, 7) is 0.127. The predicted octanol–water partition coefficient (Wildman–Crippen LogP) is 3.58. The molecule has 0 atom stereocenters. The molecule has 0 aliphatic carbocycles. The summed E-state index contributed by atoms with van der Waals surface area (Å²) in [5.41, 5.74) is 1.36. The number of pyridine rings is 1. The maximum absolute atomic E-state index is 12.3. The smallest absolute Gasteiger partial charge is 0.240 e. The van der Waals surface area contributed by atoms with Gasteiger partial charge >= 0.3 is 0 Å². The number of halogens is 1. The van der Waals surface area contributed by atoms with Crippen LogP contribution in [-0.4, -0.2) is 13.4 Å². The van der Waals surface area contributed by atoms with Crippen LogP contribution in [0, 0.1) is 0 Å². The largest absolute Gasteiger partial charge is 0.463 e. The summed E-state index contributed by atoms with van der Waals surface area (Å²) < 4.78 is 33.4. The van der Waals surface area contributed by atoms with Crippen LogP contribution in [0.4, 0.5) is 0 Å². The second-order valence-corrected chi connectivity index (χ2v) is 7.45. The normalized spacial score (nSPS) is 11.5. The van der Waals surface area contributed by atoms with Crippen molar-refractivity contribution in [2.24, 2.45) is 0 Å². The molecule has 3 aromatic rings. The fourth-order valence-corrected chi connectivity index (χ4v) is 3.36. The molecule has 0 spiro atoms. The molecule has 0 saturated carbocycles. The molecular formula is C16H13BrN2O3S. The van der Waals surface area contributed by atoms with Gasteiger partial charge in [-0.25, -0.2) is 13.1 Å². The van der Waals surface area contributed by atoms with E-state index < -0.39 is 10.0 Å². The van der Waals surface area contributed by atoms with Crippen LogP contribution in [0.1, 0.15) is 5.56 Å². The zero-order chi connectivity index (χ0) is 16.3. The van der Waals surface area contributed by atoms with Crippen LogP contribution in [0.5, 0.6) is 0 Å². The van der Waals surface area contributed by atoms with Gasteiger partial charge in [0.15, 0.2) is 5.76 Å². The minimum absolute atomic E-state index is 0.127. The Morgan fingerprint density at radius 2 is 1.87 bits per heavy atom. The van der Waals surface area contributed by atoms with Crippen molar-refractivity contribution in [3.63, 3.8) is 0 Å². The molecule has 0 radical (unpaired) electrons. The minimum Gasteiger partial charge on any atom is -0.463 e. The van der Waals surface area contributed by atoms with Crippen molar-refractivity contribution >= 4 is 26.0 Å². The zero-order valence-electron chi connectivity index (χ0n) is 11.9. The summed E-state index contributed by atoms with van der Waals surface area (Å²) in [6.07, 6.45) is 3.20. The first kappa shape index (κ1) is 15.9. The van der Waals surface area contributed by atoms with Crippen molar-refractivity contribution in [3.05, 3.63) is 71.0 Å². The van der Waals surface area contributed by atoms with E-state index in [2.05, 4.69) is 25.6 Å². The maximum Gasteiger partial charge on any atom is 0.240 e. The van der Waals surface area contributed by atoms with E-state index in [4.69, 9.17) is 4.42 Å². The molecule has 0 aliphatic heterocycles. The highest BCUT2D eigenvalue weighted by Crippen LogP contribution is 2.22. The van der Waals surface area contributed by atoms with Gasteiger partial charge in [0.05, 0.1) is 11.2 Å². The van der Waals surface area contributed by atoms with Crippen molar-refractivity contribution in [1.29, 1.82) is 0 Å². The third-order valence-corrected chi connectivity index (χ3v) is 5.17. The van der Waals surface area contributed by atoms with Crippen molar-refractivity contribution in [2.75, 3.05) is 0 Å². The van der Waals surface area contributed by atoms with Gasteiger partial charge in [-0.2, -0.15) is 0 Å².